The number of likely N-dealkylation sites (tertiary alicyclic amines) is 1. The van der Waals surface area contributed by atoms with Crippen molar-refractivity contribution in [3.8, 4) is 17.0 Å². The highest BCUT2D eigenvalue weighted by Gasteiger charge is 2.44. The van der Waals surface area contributed by atoms with Crippen LogP contribution in [0.2, 0.25) is 0 Å². The first-order valence-corrected chi connectivity index (χ1v) is 14.4. The number of carbonyl (C=O) groups is 1. The van der Waals surface area contributed by atoms with Gasteiger partial charge >= 0.3 is 12.3 Å². The molecular weight excluding hydrogens is 580 g/mol. The highest BCUT2D eigenvalue weighted by Crippen LogP contribution is 2.48. The highest BCUT2D eigenvalue weighted by molar-refractivity contribution is 5.83. The molecule has 44 heavy (non-hydrogen) atoms. The molecule has 2 saturated heterocycles. The lowest BCUT2D eigenvalue weighted by molar-refractivity contribution is -0.138. The number of hydrogen-bond donors (Lipinski definition) is 1. The number of nitrogens with zero attached hydrogens (tertiary/aromatic N) is 6. The molecule has 2 aliphatic rings. The van der Waals surface area contributed by atoms with Gasteiger partial charge in [0.15, 0.2) is 11.7 Å². The molecule has 2 aromatic heterocycles. The van der Waals surface area contributed by atoms with E-state index in [1.54, 1.807) is 42.7 Å². The normalized spacial score (nSPS) is 17.6. The number of carbonyl (C=O) groups excluding carboxylic acids is 1. The van der Waals surface area contributed by atoms with Gasteiger partial charge in [0.25, 0.3) is 0 Å². The molecule has 2 aliphatic heterocycles. The van der Waals surface area contributed by atoms with Crippen LogP contribution in [-0.2, 0) is 10.9 Å². The summed E-state index contributed by atoms with van der Waals surface area (Å²) in [6.45, 7) is 6.74. The Kier molecular flexibility index (Phi) is 8.50. The van der Waals surface area contributed by atoms with Gasteiger partial charge in [-0.15, -0.1) is 0 Å². The van der Waals surface area contributed by atoms with Gasteiger partial charge in [-0.05, 0) is 82.2 Å². The minimum atomic E-state index is -4.91. The Morgan fingerprint density at radius 2 is 1.77 bits per heavy atom. The first-order valence-electron chi connectivity index (χ1n) is 14.4. The summed E-state index contributed by atoms with van der Waals surface area (Å²) in [6, 6.07) is 5.38. The molecule has 0 radical (unpaired) electrons. The summed E-state index contributed by atoms with van der Waals surface area (Å²) < 4.78 is 64.5. The lowest BCUT2D eigenvalue weighted by Crippen LogP contribution is -2.51. The van der Waals surface area contributed by atoms with Crippen LogP contribution < -0.4 is 4.90 Å². The summed E-state index contributed by atoms with van der Waals surface area (Å²) in [6.07, 6.45) is 2.43. The van der Waals surface area contributed by atoms with E-state index in [2.05, 4.69) is 20.2 Å². The third-order valence-corrected chi connectivity index (χ3v) is 7.96. The fourth-order valence-corrected chi connectivity index (χ4v) is 5.91. The SMILES string of the molecule is CC(C)(C)OC(=O)N1CCC2(CCCN(c3c(/C=C(\F)c4nccc(-c5ccnnc5)n4)ccc(O)c3C(F)(F)F)C2)CC1. The molecule has 13 heteroatoms. The maximum absolute atomic E-state index is 15.7. The zero-order valence-corrected chi connectivity index (χ0v) is 24.7. The van der Waals surface area contributed by atoms with Crippen molar-refractivity contribution in [3.63, 3.8) is 0 Å². The van der Waals surface area contributed by atoms with E-state index in [1.807, 2.05) is 0 Å². The first kappa shape index (κ1) is 31.1. The molecule has 3 aromatic rings. The van der Waals surface area contributed by atoms with Gasteiger partial charge in [0, 0.05) is 43.5 Å². The van der Waals surface area contributed by atoms with Gasteiger partial charge in [-0.25, -0.2) is 19.2 Å². The molecule has 0 saturated carbocycles. The molecule has 2 fully saturated rings. The number of phenolic OH excluding ortho intramolecular Hbond substituents is 1. The number of phenols is 1. The van der Waals surface area contributed by atoms with E-state index in [9.17, 15) is 23.1 Å². The number of halogens is 4. The van der Waals surface area contributed by atoms with Crippen molar-refractivity contribution in [1.82, 2.24) is 25.1 Å². The van der Waals surface area contributed by atoms with Gasteiger partial charge in [0.1, 0.15) is 16.9 Å². The second-order valence-corrected chi connectivity index (χ2v) is 12.3. The molecule has 1 spiro atoms. The summed E-state index contributed by atoms with van der Waals surface area (Å²) in [5, 5.41) is 17.9. The Hall–Kier alpha value is -4.29. The number of amides is 1. The minimum Gasteiger partial charge on any atom is -0.507 e. The van der Waals surface area contributed by atoms with Crippen LogP contribution in [0.5, 0.6) is 5.75 Å². The second kappa shape index (κ2) is 12.0. The monoisotopic (exact) mass is 614 g/mol. The van der Waals surface area contributed by atoms with E-state index in [0.717, 1.165) is 18.6 Å². The van der Waals surface area contributed by atoms with E-state index in [1.165, 1.54) is 24.7 Å². The first-order chi connectivity index (χ1) is 20.7. The fraction of sp³-hybridized carbons (Fsp3) is 0.452. The molecule has 5 rings (SSSR count). The molecular formula is C31H34F4N6O3. The predicted molar refractivity (Wildman–Crippen MR) is 156 cm³/mol. The quantitative estimate of drug-likeness (QED) is 0.322. The molecule has 0 unspecified atom stereocenters. The Bertz CT molecular complexity index is 1530. The van der Waals surface area contributed by atoms with Gasteiger partial charge in [0.2, 0.25) is 0 Å². The minimum absolute atomic E-state index is 0.0598. The van der Waals surface area contributed by atoms with Gasteiger partial charge in [0.05, 0.1) is 23.8 Å². The van der Waals surface area contributed by atoms with Crippen LogP contribution in [0.1, 0.15) is 63.4 Å². The molecule has 0 aliphatic carbocycles. The van der Waals surface area contributed by atoms with Gasteiger partial charge < -0.3 is 19.6 Å². The Morgan fingerprint density at radius 3 is 2.43 bits per heavy atom. The summed E-state index contributed by atoms with van der Waals surface area (Å²) in [7, 11) is 0. The zero-order chi connectivity index (χ0) is 31.7. The van der Waals surface area contributed by atoms with Crippen molar-refractivity contribution in [2.45, 2.75) is 58.2 Å². The fourth-order valence-electron chi connectivity index (χ4n) is 5.91. The van der Waals surface area contributed by atoms with Crippen molar-refractivity contribution >= 4 is 23.7 Å². The molecule has 4 heterocycles. The van der Waals surface area contributed by atoms with Gasteiger partial charge in [-0.2, -0.15) is 23.4 Å². The number of anilines is 1. The maximum Gasteiger partial charge on any atom is 0.421 e. The van der Waals surface area contributed by atoms with E-state index in [0.29, 0.717) is 43.6 Å². The van der Waals surface area contributed by atoms with Crippen LogP contribution in [0.4, 0.5) is 28.0 Å². The van der Waals surface area contributed by atoms with E-state index in [-0.39, 0.29) is 35.6 Å². The van der Waals surface area contributed by atoms with Crippen LogP contribution in [0.25, 0.3) is 23.2 Å². The molecule has 234 valence electrons. The van der Waals surface area contributed by atoms with E-state index in [4.69, 9.17) is 4.74 Å². The van der Waals surface area contributed by atoms with E-state index >= 15 is 4.39 Å². The zero-order valence-electron chi connectivity index (χ0n) is 24.7. The number of benzene rings is 1. The molecule has 0 atom stereocenters. The van der Waals surface area contributed by atoms with E-state index < -0.39 is 35.0 Å². The molecule has 9 nitrogen and oxygen atoms in total. The summed E-state index contributed by atoms with van der Waals surface area (Å²) in [4.78, 5) is 24.1. The van der Waals surface area contributed by atoms with Crippen molar-refractivity contribution in [2.75, 3.05) is 31.1 Å². The molecule has 1 N–H and O–H groups in total. The number of ether oxygens (including phenoxy) is 1. The van der Waals surface area contributed by atoms with Crippen molar-refractivity contribution in [1.29, 1.82) is 0 Å². The average Bonchev–Trinajstić information content (AvgIpc) is 2.97. The number of piperidine rings is 2. The third kappa shape index (κ3) is 6.92. The molecule has 0 bridgehead atoms. The predicted octanol–water partition coefficient (Wildman–Crippen LogP) is 6.74. The summed E-state index contributed by atoms with van der Waals surface area (Å²) in [5.74, 6) is -2.18. The van der Waals surface area contributed by atoms with Crippen molar-refractivity contribution in [2.24, 2.45) is 5.41 Å². The maximum atomic E-state index is 15.7. The number of hydrogen-bond acceptors (Lipinski definition) is 8. The summed E-state index contributed by atoms with van der Waals surface area (Å²) >= 11 is 0. The largest absolute Gasteiger partial charge is 0.507 e. The number of aromatic nitrogens is 4. The Balaban J connectivity index is 1.47. The van der Waals surface area contributed by atoms with Gasteiger partial charge in [-0.1, -0.05) is 0 Å². The average molecular weight is 615 g/mol. The van der Waals surface area contributed by atoms with Crippen LogP contribution in [0.15, 0.2) is 42.9 Å². The van der Waals surface area contributed by atoms with Gasteiger partial charge in [-0.3, -0.25) is 0 Å². The topological polar surface area (TPSA) is 105 Å². The van der Waals surface area contributed by atoms with Crippen LogP contribution in [0.3, 0.4) is 0 Å². The molecule has 1 aromatic carbocycles. The number of rotatable bonds is 4. The molecule has 1 amide bonds. The smallest absolute Gasteiger partial charge is 0.421 e. The third-order valence-electron chi connectivity index (χ3n) is 7.96. The summed E-state index contributed by atoms with van der Waals surface area (Å²) in [5.41, 5.74) is -1.64. The highest BCUT2D eigenvalue weighted by atomic mass is 19.4. The van der Waals surface area contributed by atoms with Crippen LogP contribution >= 0.6 is 0 Å². The van der Waals surface area contributed by atoms with Crippen molar-refractivity contribution < 1.29 is 32.2 Å². The second-order valence-electron chi connectivity index (χ2n) is 12.3. The Morgan fingerprint density at radius 1 is 1.02 bits per heavy atom. The lowest BCUT2D eigenvalue weighted by Gasteiger charge is -2.49. The number of alkyl halides is 3. The Labute approximate surface area is 252 Å². The standard InChI is InChI=1S/C31H34F4N6O3/c1-29(2,3)44-28(43)40-15-10-30(11-16-40)9-4-14-41(19-30)26-20(5-6-24(42)25(26)31(33,34)35)17-22(32)27-36-12-8-23(39-27)21-7-13-37-38-18-21/h5-8,12-13,17-18,42H,4,9-11,14-16,19H2,1-3H3/b22-17-. The lowest BCUT2D eigenvalue weighted by atomic mass is 9.72. The van der Waals surface area contributed by atoms with Crippen molar-refractivity contribution in [3.05, 3.63) is 59.8 Å². The van der Waals surface area contributed by atoms with Crippen LogP contribution in [0, 0.1) is 5.41 Å². The number of aromatic hydroxyl groups is 1. The van der Waals surface area contributed by atoms with Crippen LogP contribution in [-0.4, -0.2) is 68.0 Å².